The summed E-state index contributed by atoms with van der Waals surface area (Å²) in [6, 6.07) is 10.4. The van der Waals surface area contributed by atoms with Crippen LogP contribution in [-0.4, -0.2) is 10.7 Å². The molecule has 0 amide bonds. The average Bonchev–Trinajstić information content (AvgIpc) is 2.27. The maximum atomic E-state index is 5.23. The highest BCUT2D eigenvalue weighted by molar-refractivity contribution is 7.80. The Labute approximate surface area is 102 Å². The Bertz CT molecular complexity index is 335. The van der Waals surface area contributed by atoms with Gasteiger partial charge in [-0.3, -0.25) is 0 Å². The lowest BCUT2D eigenvalue weighted by Gasteiger charge is -2.27. The van der Waals surface area contributed by atoms with E-state index in [1.165, 1.54) is 5.56 Å². The Kier molecular flexibility index (Phi) is 4.71. The number of nitrogens with one attached hydrogen (secondary N) is 2. The molecule has 4 N–H and O–H groups in total. The van der Waals surface area contributed by atoms with Gasteiger partial charge in [0.15, 0.2) is 5.11 Å². The summed E-state index contributed by atoms with van der Waals surface area (Å²) in [5.41, 5.74) is 3.72. The van der Waals surface area contributed by atoms with Crippen molar-refractivity contribution in [1.82, 2.24) is 10.7 Å². The van der Waals surface area contributed by atoms with Gasteiger partial charge in [-0.25, -0.2) is 5.84 Å². The quantitative estimate of drug-likeness (QED) is 0.424. The first kappa shape index (κ1) is 12.9. The normalized spacial score (nSPS) is 10.9. The third-order valence-corrected chi connectivity index (χ3v) is 2.68. The molecule has 0 bridgehead atoms. The topological polar surface area (TPSA) is 50.1 Å². The molecule has 0 aliphatic carbocycles. The van der Waals surface area contributed by atoms with Crippen LogP contribution in [0.2, 0.25) is 0 Å². The molecule has 1 aromatic rings. The van der Waals surface area contributed by atoms with Crippen LogP contribution in [0.25, 0.3) is 0 Å². The number of thiocarbonyl (C=S) groups is 1. The van der Waals surface area contributed by atoms with Gasteiger partial charge in [0.25, 0.3) is 0 Å². The van der Waals surface area contributed by atoms with Crippen molar-refractivity contribution in [3.63, 3.8) is 0 Å². The fourth-order valence-corrected chi connectivity index (χ4v) is 1.78. The van der Waals surface area contributed by atoms with E-state index in [-0.39, 0.29) is 5.54 Å². The molecule has 0 atom stereocenters. The molecule has 3 nitrogen and oxygen atoms in total. The summed E-state index contributed by atoms with van der Waals surface area (Å²) in [4.78, 5) is 0. The second kappa shape index (κ2) is 5.82. The summed E-state index contributed by atoms with van der Waals surface area (Å²) in [5.74, 6) is 5.23. The van der Waals surface area contributed by atoms with Crippen molar-refractivity contribution in [2.24, 2.45) is 5.84 Å². The molecule has 4 heteroatoms. The minimum Gasteiger partial charge on any atom is -0.357 e. The highest BCUT2D eigenvalue weighted by Crippen LogP contribution is 2.13. The molecule has 0 radical (unpaired) electrons. The predicted octanol–water partition coefficient (Wildman–Crippen LogP) is 1.74. The van der Waals surface area contributed by atoms with E-state index < -0.39 is 0 Å². The lowest BCUT2D eigenvalue weighted by Crippen LogP contribution is -2.50. The molecular weight excluding hydrogens is 218 g/mol. The lowest BCUT2D eigenvalue weighted by molar-refractivity contribution is 0.423. The standard InChI is InChI=1S/C12H19N3S/c1-12(2,14-11(16)15-13)9-8-10-6-4-3-5-7-10/h3-7H,8-9,13H2,1-2H3,(H2,14,15,16). The largest absolute Gasteiger partial charge is 0.357 e. The molecule has 0 aliphatic rings. The monoisotopic (exact) mass is 237 g/mol. The molecule has 0 unspecified atom stereocenters. The zero-order valence-corrected chi connectivity index (χ0v) is 10.6. The Morgan fingerprint density at radius 1 is 1.31 bits per heavy atom. The third kappa shape index (κ3) is 4.59. The van der Waals surface area contributed by atoms with Crippen LogP contribution in [0.1, 0.15) is 25.8 Å². The highest BCUT2D eigenvalue weighted by atomic mass is 32.1. The van der Waals surface area contributed by atoms with Crippen LogP contribution in [0.5, 0.6) is 0 Å². The van der Waals surface area contributed by atoms with Crippen LogP contribution in [0, 0.1) is 0 Å². The fraction of sp³-hybridized carbons (Fsp3) is 0.417. The van der Waals surface area contributed by atoms with Crippen molar-refractivity contribution < 1.29 is 0 Å². The van der Waals surface area contributed by atoms with Crippen LogP contribution in [0.15, 0.2) is 30.3 Å². The number of benzene rings is 1. The van der Waals surface area contributed by atoms with Gasteiger partial charge in [0.05, 0.1) is 0 Å². The van der Waals surface area contributed by atoms with Gasteiger partial charge in [-0.1, -0.05) is 30.3 Å². The molecule has 0 heterocycles. The first-order chi connectivity index (χ1) is 7.53. The smallest absolute Gasteiger partial charge is 0.181 e. The molecule has 88 valence electrons. The van der Waals surface area contributed by atoms with E-state index in [1.54, 1.807) is 0 Å². The van der Waals surface area contributed by atoms with Crippen LogP contribution >= 0.6 is 12.2 Å². The maximum Gasteiger partial charge on any atom is 0.181 e. The molecule has 16 heavy (non-hydrogen) atoms. The SMILES string of the molecule is CC(C)(CCc1ccccc1)NC(=S)NN. The Balaban J connectivity index is 2.44. The Hall–Kier alpha value is -1.13. The Morgan fingerprint density at radius 3 is 2.50 bits per heavy atom. The van der Waals surface area contributed by atoms with Crippen LogP contribution in [-0.2, 0) is 6.42 Å². The molecule has 0 spiro atoms. The predicted molar refractivity (Wildman–Crippen MR) is 71.9 cm³/mol. The minimum atomic E-state index is -0.0563. The van der Waals surface area contributed by atoms with Gasteiger partial charge < -0.3 is 10.7 Å². The van der Waals surface area contributed by atoms with Gasteiger partial charge in [0.1, 0.15) is 0 Å². The number of hydrogen-bond acceptors (Lipinski definition) is 2. The summed E-state index contributed by atoms with van der Waals surface area (Å²) in [6.45, 7) is 4.22. The summed E-state index contributed by atoms with van der Waals surface area (Å²) < 4.78 is 0. The third-order valence-electron chi connectivity index (χ3n) is 2.46. The van der Waals surface area contributed by atoms with E-state index >= 15 is 0 Å². The summed E-state index contributed by atoms with van der Waals surface area (Å²) in [6.07, 6.45) is 2.02. The van der Waals surface area contributed by atoms with Gasteiger partial charge in [-0.15, -0.1) is 0 Å². The van der Waals surface area contributed by atoms with Gasteiger partial charge in [-0.2, -0.15) is 0 Å². The van der Waals surface area contributed by atoms with Crippen molar-refractivity contribution in [2.75, 3.05) is 0 Å². The van der Waals surface area contributed by atoms with Crippen LogP contribution in [0.3, 0.4) is 0 Å². The molecule has 0 saturated carbocycles. The summed E-state index contributed by atoms with van der Waals surface area (Å²) in [7, 11) is 0. The van der Waals surface area contributed by atoms with Crippen molar-refractivity contribution in [3.8, 4) is 0 Å². The molecular formula is C12H19N3S. The number of hydrogen-bond donors (Lipinski definition) is 3. The van der Waals surface area contributed by atoms with Crippen LogP contribution < -0.4 is 16.6 Å². The van der Waals surface area contributed by atoms with E-state index in [9.17, 15) is 0 Å². The first-order valence-electron chi connectivity index (χ1n) is 5.36. The summed E-state index contributed by atoms with van der Waals surface area (Å²) in [5, 5.41) is 3.66. The van der Waals surface area contributed by atoms with E-state index in [2.05, 4.69) is 48.9 Å². The lowest BCUT2D eigenvalue weighted by atomic mass is 9.95. The van der Waals surface area contributed by atoms with Crippen molar-refractivity contribution in [1.29, 1.82) is 0 Å². The second-order valence-electron chi connectivity index (χ2n) is 4.47. The van der Waals surface area contributed by atoms with E-state index in [1.807, 2.05) is 6.07 Å². The molecule has 0 aliphatic heterocycles. The fourth-order valence-electron chi connectivity index (χ4n) is 1.51. The molecule has 0 aromatic heterocycles. The number of rotatable bonds is 4. The second-order valence-corrected chi connectivity index (χ2v) is 4.88. The Morgan fingerprint density at radius 2 is 1.94 bits per heavy atom. The highest BCUT2D eigenvalue weighted by Gasteiger charge is 2.17. The molecule has 1 rings (SSSR count). The number of nitrogens with two attached hydrogens (primary N) is 1. The van der Waals surface area contributed by atoms with Crippen molar-refractivity contribution in [3.05, 3.63) is 35.9 Å². The van der Waals surface area contributed by atoms with Gasteiger partial charge in [0.2, 0.25) is 0 Å². The average molecular weight is 237 g/mol. The van der Waals surface area contributed by atoms with E-state index in [0.29, 0.717) is 5.11 Å². The van der Waals surface area contributed by atoms with E-state index in [0.717, 1.165) is 12.8 Å². The number of aryl methyl sites for hydroxylation is 1. The van der Waals surface area contributed by atoms with E-state index in [4.69, 9.17) is 18.1 Å². The number of hydrazine groups is 1. The van der Waals surface area contributed by atoms with Crippen molar-refractivity contribution >= 4 is 17.3 Å². The van der Waals surface area contributed by atoms with Gasteiger partial charge >= 0.3 is 0 Å². The molecule has 1 aromatic carbocycles. The zero-order valence-electron chi connectivity index (χ0n) is 9.79. The first-order valence-corrected chi connectivity index (χ1v) is 5.77. The molecule has 0 fully saturated rings. The zero-order chi connectivity index (χ0) is 12.0. The maximum absolute atomic E-state index is 5.23. The van der Waals surface area contributed by atoms with Gasteiger partial charge in [-0.05, 0) is 44.5 Å². The van der Waals surface area contributed by atoms with Crippen molar-refractivity contribution in [2.45, 2.75) is 32.2 Å². The minimum absolute atomic E-state index is 0.0563. The van der Waals surface area contributed by atoms with Gasteiger partial charge in [0, 0.05) is 5.54 Å². The molecule has 0 saturated heterocycles. The van der Waals surface area contributed by atoms with Crippen LogP contribution in [0.4, 0.5) is 0 Å². The summed E-state index contributed by atoms with van der Waals surface area (Å²) >= 11 is 4.99.